The summed E-state index contributed by atoms with van der Waals surface area (Å²) in [6.07, 6.45) is -0.461. The molecule has 154 valence electrons. The maximum absolute atomic E-state index is 12.8. The summed E-state index contributed by atoms with van der Waals surface area (Å²) in [4.78, 5) is 17.8. The molecule has 1 N–H and O–H groups in total. The van der Waals surface area contributed by atoms with E-state index in [9.17, 15) is 13.2 Å². The van der Waals surface area contributed by atoms with E-state index in [4.69, 9.17) is 16.4 Å². The molecule has 1 aliphatic heterocycles. The smallest absolute Gasteiger partial charge is 0.268 e. The fraction of sp³-hybridized carbons (Fsp3) is 0.300. The zero-order valence-corrected chi connectivity index (χ0v) is 17.7. The summed E-state index contributed by atoms with van der Waals surface area (Å²) in [7, 11) is -3.76. The Morgan fingerprint density at radius 2 is 1.90 bits per heavy atom. The summed E-state index contributed by atoms with van der Waals surface area (Å²) in [5.41, 5.74) is 1.90. The second-order valence-electron chi connectivity index (χ2n) is 6.43. The van der Waals surface area contributed by atoms with Gasteiger partial charge in [-0.25, -0.2) is 8.42 Å². The van der Waals surface area contributed by atoms with E-state index in [2.05, 4.69) is 10.5 Å². The van der Waals surface area contributed by atoms with Crippen molar-refractivity contribution in [3.05, 3.63) is 59.1 Å². The van der Waals surface area contributed by atoms with Crippen LogP contribution in [0.25, 0.3) is 0 Å². The molecule has 3 rings (SSSR count). The Morgan fingerprint density at radius 3 is 2.55 bits per heavy atom. The predicted octanol–water partition coefficient (Wildman–Crippen LogP) is 3.50. The van der Waals surface area contributed by atoms with Crippen molar-refractivity contribution in [1.29, 1.82) is 0 Å². The molecule has 2 aromatic carbocycles. The van der Waals surface area contributed by atoms with Crippen LogP contribution in [-0.2, 0) is 19.7 Å². The molecular weight excluding hydrogens is 414 g/mol. The summed E-state index contributed by atoms with van der Waals surface area (Å²) < 4.78 is 26.9. The van der Waals surface area contributed by atoms with E-state index >= 15 is 0 Å². The number of rotatable bonds is 7. The van der Waals surface area contributed by atoms with Crippen LogP contribution in [0.3, 0.4) is 0 Å². The lowest BCUT2D eigenvalue weighted by atomic mass is 10.0. The summed E-state index contributed by atoms with van der Waals surface area (Å²) in [6.45, 7) is 4.15. The third-order valence-electron chi connectivity index (χ3n) is 4.59. The number of halogens is 1. The Balaban J connectivity index is 1.74. The van der Waals surface area contributed by atoms with Crippen molar-refractivity contribution < 1.29 is 18.0 Å². The molecule has 0 fully saturated rings. The number of anilines is 1. The molecule has 0 aliphatic carbocycles. The third-order valence-corrected chi connectivity index (χ3v) is 7.12. The molecule has 9 heteroatoms. The van der Waals surface area contributed by atoms with Gasteiger partial charge in [0, 0.05) is 25.2 Å². The largest absolute Gasteiger partial charge is 0.382 e. The van der Waals surface area contributed by atoms with Crippen LogP contribution < -0.4 is 5.32 Å². The van der Waals surface area contributed by atoms with E-state index in [0.29, 0.717) is 30.9 Å². The fourth-order valence-electron chi connectivity index (χ4n) is 3.02. The van der Waals surface area contributed by atoms with Crippen LogP contribution in [-0.4, -0.2) is 43.5 Å². The van der Waals surface area contributed by atoms with Crippen LogP contribution in [0.4, 0.5) is 5.69 Å². The second-order valence-corrected chi connectivity index (χ2v) is 8.74. The monoisotopic (exact) mass is 435 g/mol. The van der Waals surface area contributed by atoms with E-state index in [-0.39, 0.29) is 9.92 Å². The maximum Gasteiger partial charge on any atom is 0.268 e. The summed E-state index contributed by atoms with van der Waals surface area (Å²) >= 11 is 6.13. The van der Waals surface area contributed by atoms with E-state index in [1.807, 2.05) is 30.3 Å². The van der Waals surface area contributed by atoms with E-state index in [1.165, 1.54) is 16.4 Å². The molecule has 0 bridgehead atoms. The van der Waals surface area contributed by atoms with Gasteiger partial charge < -0.3 is 10.2 Å². The van der Waals surface area contributed by atoms with Gasteiger partial charge in [0.1, 0.15) is 4.90 Å². The Labute approximate surface area is 175 Å². The van der Waals surface area contributed by atoms with Crippen molar-refractivity contribution in [2.45, 2.75) is 31.3 Å². The van der Waals surface area contributed by atoms with Crippen molar-refractivity contribution in [3.63, 3.8) is 0 Å². The van der Waals surface area contributed by atoms with Crippen LogP contribution in [0.1, 0.15) is 25.8 Å². The van der Waals surface area contributed by atoms with Gasteiger partial charge in [0.05, 0.1) is 10.7 Å². The number of hydrogen-bond acceptors (Lipinski definition) is 5. The normalized spacial score (nSPS) is 16.4. The Bertz CT molecular complexity index is 1020. The highest BCUT2D eigenvalue weighted by Crippen LogP contribution is 2.28. The van der Waals surface area contributed by atoms with Gasteiger partial charge in [-0.15, -0.1) is 0 Å². The SMILES string of the molecule is CCN(CC)S(=O)(=O)c1cc(NC(=O)C2CC(c3ccccc3)=NO2)ccc1Cl. The molecule has 29 heavy (non-hydrogen) atoms. The molecule has 1 amide bonds. The van der Waals surface area contributed by atoms with Gasteiger partial charge in [-0.05, 0) is 23.8 Å². The molecular formula is C20H22ClN3O4S. The number of carbonyl (C=O) groups is 1. The molecule has 0 radical (unpaired) electrons. The summed E-state index contributed by atoms with van der Waals surface area (Å²) in [5.74, 6) is -0.409. The molecule has 2 aromatic rings. The molecule has 0 aromatic heterocycles. The first kappa shape index (κ1) is 21.3. The highest BCUT2D eigenvalue weighted by Gasteiger charge is 2.30. The number of carbonyl (C=O) groups excluding carboxylic acids is 1. The number of hydrogen-bond donors (Lipinski definition) is 1. The van der Waals surface area contributed by atoms with Crippen molar-refractivity contribution >= 4 is 38.9 Å². The van der Waals surface area contributed by atoms with Crippen LogP contribution in [0.15, 0.2) is 58.6 Å². The number of benzene rings is 2. The van der Waals surface area contributed by atoms with Crippen LogP contribution in [0.2, 0.25) is 5.02 Å². The molecule has 1 unspecified atom stereocenters. The molecule has 7 nitrogen and oxygen atoms in total. The molecule has 0 spiro atoms. The lowest BCUT2D eigenvalue weighted by Crippen LogP contribution is -2.31. The number of nitrogens with zero attached hydrogens (tertiary/aromatic N) is 2. The standard InChI is InChI=1S/C20H22ClN3O4S/c1-3-24(4-2)29(26,27)19-12-15(10-11-16(19)21)22-20(25)18-13-17(23-28-18)14-8-6-5-7-9-14/h5-12,18H,3-4,13H2,1-2H3,(H,22,25). The average molecular weight is 436 g/mol. The quantitative estimate of drug-likeness (QED) is 0.720. The summed E-state index contributed by atoms with van der Waals surface area (Å²) in [6, 6.07) is 13.8. The van der Waals surface area contributed by atoms with Crippen LogP contribution >= 0.6 is 11.6 Å². The first-order valence-electron chi connectivity index (χ1n) is 9.25. The topological polar surface area (TPSA) is 88.1 Å². The number of oxime groups is 1. The molecule has 1 atom stereocenters. The van der Waals surface area contributed by atoms with E-state index in [1.54, 1.807) is 19.9 Å². The van der Waals surface area contributed by atoms with Gasteiger partial charge in [0.25, 0.3) is 5.91 Å². The molecule has 1 heterocycles. The minimum atomic E-state index is -3.76. The zero-order chi connectivity index (χ0) is 21.0. The van der Waals surface area contributed by atoms with Gasteiger partial charge in [-0.3, -0.25) is 4.79 Å². The number of sulfonamides is 1. The second kappa shape index (κ2) is 8.94. The Morgan fingerprint density at radius 1 is 1.21 bits per heavy atom. The van der Waals surface area contributed by atoms with E-state index < -0.39 is 22.0 Å². The Kier molecular flexibility index (Phi) is 6.56. The summed E-state index contributed by atoms with van der Waals surface area (Å²) in [5, 5.41) is 6.79. The minimum absolute atomic E-state index is 0.0470. The predicted molar refractivity (Wildman–Crippen MR) is 113 cm³/mol. The van der Waals surface area contributed by atoms with Gasteiger partial charge >= 0.3 is 0 Å². The van der Waals surface area contributed by atoms with Crippen molar-refractivity contribution in [1.82, 2.24) is 4.31 Å². The fourth-order valence-corrected chi connectivity index (χ4v) is 4.98. The van der Waals surface area contributed by atoms with Crippen LogP contribution in [0.5, 0.6) is 0 Å². The van der Waals surface area contributed by atoms with Gasteiger partial charge in [-0.2, -0.15) is 4.31 Å². The third kappa shape index (κ3) is 4.60. The van der Waals surface area contributed by atoms with Crippen molar-refractivity contribution in [2.75, 3.05) is 18.4 Å². The van der Waals surface area contributed by atoms with E-state index in [0.717, 1.165) is 5.56 Å². The molecule has 0 saturated heterocycles. The first-order valence-corrected chi connectivity index (χ1v) is 11.1. The lowest BCUT2D eigenvalue weighted by Gasteiger charge is -2.20. The molecule has 1 aliphatic rings. The highest BCUT2D eigenvalue weighted by molar-refractivity contribution is 7.89. The van der Waals surface area contributed by atoms with Gasteiger partial charge in [0.15, 0.2) is 0 Å². The molecule has 0 saturated carbocycles. The lowest BCUT2D eigenvalue weighted by molar-refractivity contribution is -0.125. The van der Waals surface area contributed by atoms with Gasteiger partial charge in [0.2, 0.25) is 16.1 Å². The highest BCUT2D eigenvalue weighted by atomic mass is 35.5. The maximum atomic E-state index is 12.8. The van der Waals surface area contributed by atoms with Crippen molar-refractivity contribution in [2.24, 2.45) is 5.16 Å². The average Bonchev–Trinajstić information content (AvgIpc) is 3.21. The minimum Gasteiger partial charge on any atom is -0.382 e. The number of amides is 1. The van der Waals surface area contributed by atoms with Gasteiger partial charge in [-0.1, -0.05) is 60.9 Å². The van der Waals surface area contributed by atoms with Crippen LogP contribution in [0, 0.1) is 0 Å². The zero-order valence-electron chi connectivity index (χ0n) is 16.1. The van der Waals surface area contributed by atoms with Crippen molar-refractivity contribution in [3.8, 4) is 0 Å². The first-order chi connectivity index (χ1) is 13.9. The number of nitrogens with one attached hydrogen (secondary N) is 1. The Hall–Kier alpha value is -2.42.